The minimum absolute atomic E-state index is 0.0223. The molecule has 0 aromatic rings. The van der Waals surface area contributed by atoms with Crippen molar-refractivity contribution in [1.82, 2.24) is 10.2 Å². The maximum Gasteiger partial charge on any atom is 0.325 e. The highest BCUT2D eigenvalue weighted by atomic mass is 32.2. The Morgan fingerprint density at radius 3 is 2.76 bits per heavy atom. The van der Waals surface area contributed by atoms with Gasteiger partial charge in [0.15, 0.2) is 9.84 Å². The summed E-state index contributed by atoms with van der Waals surface area (Å²) < 4.78 is 27.6. The summed E-state index contributed by atoms with van der Waals surface area (Å²) in [5, 5.41) is 2.65. The summed E-state index contributed by atoms with van der Waals surface area (Å²) in [5.41, 5.74) is 0. The van der Waals surface area contributed by atoms with Crippen LogP contribution in [0.2, 0.25) is 0 Å². The van der Waals surface area contributed by atoms with E-state index in [4.69, 9.17) is 0 Å². The lowest BCUT2D eigenvalue weighted by atomic mass is 10.3. The van der Waals surface area contributed by atoms with Crippen LogP contribution in [-0.2, 0) is 24.2 Å². The fraction of sp³-hybridized carbons (Fsp3) is 0.778. The normalized spacial score (nSPS) is 24.2. The number of likely N-dealkylation sites (N-methyl/N-ethyl adjacent to an activating group) is 1. The Bertz CT molecular complexity index is 406. The molecule has 1 atom stereocenters. The minimum atomic E-state index is -3.27. The average Bonchev–Trinajstić information content (AvgIpc) is 2.39. The molecule has 0 aromatic heterocycles. The molecule has 1 N–H and O–H groups in total. The first-order valence-corrected chi connectivity index (χ1v) is 6.95. The van der Waals surface area contributed by atoms with Gasteiger partial charge in [0, 0.05) is 6.54 Å². The summed E-state index contributed by atoms with van der Waals surface area (Å²) in [7, 11) is -0.533. The van der Waals surface area contributed by atoms with Crippen molar-refractivity contribution in [2.24, 2.45) is 0 Å². The standard InChI is InChI=1S/C9H16N2O5S/c1-10-7-6-17(14,15)4-3-11(9(7)13)5-8(12)16-2/h7,10H,3-6H2,1-2H3. The number of rotatable bonds is 3. The van der Waals surface area contributed by atoms with E-state index in [1.807, 2.05) is 0 Å². The maximum absolute atomic E-state index is 11.9. The number of amides is 1. The number of nitrogens with one attached hydrogen (secondary N) is 1. The van der Waals surface area contributed by atoms with Crippen LogP contribution in [0.15, 0.2) is 0 Å². The Morgan fingerprint density at radius 2 is 2.24 bits per heavy atom. The maximum atomic E-state index is 11.9. The number of esters is 1. The van der Waals surface area contributed by atoms with Crippen molar-refractivity contribution in [1.29, 1.82) is 0 Å². The van der Waals surface area contributed by atoms with Gasteiger partial charge in [0.1, 0.15) is 12.6 Å². The first kappa shape index (κ1) is 13.9. The van der Waals surface area contributed by atoms with Crippen molar-refractivity contribution >= 4 is 21.7 Å². The number of hydrogen-bond acceptors (Lipinski definition) is 6. The van der Waals surface area contributed by atoms with Crippen molar-refractivity contribution < 1.29 is 22.7 Å². The lowest BCUT2D eigenvalue weighted by molar-refractivity contribution is -0.147. The first-order valence-electron chi connectivity index (χ1n) is 5.13. The number of hydrogen-bond donors (Lipinski definition) is 1. The molecule has 0 spiro atoms. The van der Waals surface area contributed by atoms with E-state index in [1.165, 1.54) is 19.1 Å². The van der Waals surface area contributed by atoms with Crippen LogP contribution >= 0.6 is 0 Å². The van der Waals surface area contributed by atoms with Gasteiger partial charge in [-0.15, -0.1) is 0 Å². The Labute approximate surface area is 100 Å². The molecule has 1 amide bonds. The monoisotopic (exact) mass is 264 g/mol. The number of nitrogens with zero attached hydrogens (tertiary/aromatic N) is 1. The average molecular weight is 264 g/mol. The number of methoxy groups -OCH3 is 1. The van der Waals surface area contributed by atoms with Gasteiger partial charge in [-0.3, -0.25) is 9.59 Å². The molecule has 1 saturated heterocycles. The highest BCUT2D eigenvalue weighted by Crippen LogP contribution is 2.07. The molecular weight excluding hydrogens is 248 g/mol. The molecule has 7 nitrogen and oxygen atoms in total. The SMILES string of the molecule is CNC1CS(=O)(=O)CCN(CC(=O)OC)C1=O. The smallest absolute Gasteiger partial charge is 0.325 e. The summed E-state index contributed by atoms with van der Waals surface area (Å²) in [6, 6.07) is -0.799. The summed E-state index contributed by atoms with van der Waals surface area (Å²) >= 11 is 0. The molecule has 1 fully saturated rings. The van der Waals surface area contributed by atoms with Gasteiger partial charge in [-0.2, -0.15) is 0 Å². The quantitative estimate of drug-likeness (QED) is 0.593. The van der Waals surface area contributed by atoms with Crippen molar-refractivity contribution in [3.8, 4) is 0 Å². The van der Waals surface area contributed by atoms with Crippen LogP contribution in [0.5, 0.6) is 0 Å². The number of sulfone groups is 1. The van der Waals surface area contributed by atoms with E-state index >= 15 is 0 Å². The topological polar surface area (TPSA) is 92.8 Å². The lowest BCUT2D eigenvalue weighted by Crippen LogP contribution is -2.47. The molecule has 0 aromatic carbocycles. The Morgan fingerprint density at radius 1 is 1.59 bits per heavy atom. The predicted molar refractivity (Wildman–Crippen MR) is 60.1 cm³/mol. The summed E-state index contributed by atoms with van der Waals surface area (Å²) in [5.74, 6) is -1.32. The molecule has 98 valence electrons. The minimum Gasteiger partial charge on any atom is -0.468 e. The highest BCUT2D eigenvalue weighted by Gasteiger charge is 2.33. The van der Waals surface area contributed by atoms with Gasteiger partial charge in [-0.1, -0.05) is 0 Å². The molecule has 0 aliphatic carbocycles. The second kappa shape index (κ2) is 5.46. The van der Waals surface area contributed by atoms with Gasteiger partial charge in [0.25, 0.3) is 0 Å². The number of ether oxygens (including phenoxy) is 1. The predicted octanol–water partition coefficient (Wildman–Crippen LogP) is -2.00. The molecule has 1 rings (SSSR count). The fourth-order valence-corrected chi connectivity index (χ4v) is 3.05. The van der Waals surface area contributed by atoms with Gasteiger partial charge in [-0.25, -0.2) is 8.42 Å². The van der Waals surface area contributed by atoms with Crippen molar-refractivity contribution in [3.63, 3.8) is 0 Å². The van der Waals surface area contributed by atoms with Crippen molar-refractivity contribution in [2.45, 2.75) is 6.04 Å². The lowest BCUT2D eigenvalue weighted by Gasteiger charge is -2.21. The van der Waals surface area contributed by atoms with Crippen LogP contribution in [-0.4, -0.2) is 70.0 Å². The zero-order valence-corrected chi connectivity index (χ0v) is 10.6. The molecule has 1 aliphatic rings. The molecule has 17 heavy (non-hydrogen) atoms. The van der Waals surface area contributed by atoms with Crippen LogP contribution < -0.4 is 5.32 Å². The van der Waals surface area contributed by atoms with Gasteiger partial charge in [0.05, 0.1) is 18.6 Å². The van der Waals surface area contributed by atoms with Crippen molar-refractivity contribution in [2.75, 3.05) is 38.8 Å². The van der Waals surface area contributed by atoms with Crippen LogP contribution in [0.4, 0.5) is 0 Å². The zero-order chi connectivity index (χ0) is 13.1. The third kappa shape index (κ3) is 3.67. The third-order valence-electron chi connectivity index (χ3n) is 2.60. The molecule has 0 radical (unpaired) electrons. The Balaban J connectivity index is 2.85. The van der Waals surface area contributed by atoms with E-state index < -0.39 is 21.8 Å². The van der Waals surface area contributed by atoms with Gasteiger partial charge in [0.2, 0.25) is 5.91 Å². The fourth-order valence-electron chi connectivity index (χ4n) is 1.57. The Hall–Kier alpha value is -1.15. The van der Waals surface area contributed by atoms with E-state index in [-0.39, 0.29) is 30.5 Å². The van der Waals surface area contributed by atoms with Crippen LogP contribution in [0.25, 0.3) is 0 Å². The molecule has 0 saturated carbocycles. The zero-order valence-electron chi connectivity index (χ0n) is 9.80. The molecule has 1 heterocycles. The molecule has 1 unspecified atom stereocenters. The van der Waals surface area contributed by atoms with E-state index in [0.29, 0.717) is 0 Å². The number of carbonyl (C=O) groups excluding carboxylic acids is 2. The molecular formula is C9H16N2O5S. The second-order valence-electron chi connectivity index (χ2n) is 3.79. The van der Waals surface area contributed by atoms with Crippen LogP contribution in [0.3, 0.4) is 0 Å². The Kier molecular flexibility index (Phi) is 4.47. The van der Waals surface area contributed by atoms with E-state index in [2.05, 4.69) is 10.1 Å². The second-order valence-corrected chi connectivity index (χ2v) is 6.02. The van der Waals surface area contributed by atoms with Gasteiger partial charge in [-0.05, 0) is 7.05 Å². The van der Waals surface area contributed by atoms with Gasteiger partial charge < -0.3 is 15.0 Å². The number of carbonyl (C=O) groups is 2. The van der Waals surface area contributed by atoms with Gasteiger partial charge >= 0.3 is 5.97 Å². The first-order chi connectivity index (χ1) is 7.89. The summed E-state index contributed by atoms with van der Waals surface area (Å²) in [6.07, 6.45) is 0. The molecule has 1 aliphatic heterocycles. The molecule has 0 bridgehead atoms. The summed E-state index contributed by atoms with van der Waals surface area (Å²) in [6.45, 7) is -0.197. The molecule has 8 heteroatoms. The third-order valence-corrected chi connectivity index (χ3v) is 4.24. The van der Waals surface area contributed by atoms with Crippen LogP contribution in [0, 0.1) is 0 Å². The van der Waals surface area contributed by atoms with Crippen LogP contribution in [0.1, 0.15) is 0 Å². The largest absolute Gasteiger partial charge is 0.468 e. The van der Waals surface area contributed by atoms with E-state index in [1.54, 1.807) is 0 Å². The van der Waals surface area contributed by atoms with Crippen molar-refractivity contribution in [3.05, 3.63) is 0 Å². The van der Waals surface area contributed by atoms with E-state index in [9.17, 15) is 18.0 Å². The van der Waals surface area contributed by atoms with E-state index in [0.717, 1.165) is 0 Å². The summed E-state index contributed by atoms with van der Waals surface area (Å²) in [4.78, 5) is 24.2. The highest BCUT2D eigenvalue weighted by molar-refractivity contribution is 7.91.